The van der Waals surface area contributed by atoms with E-state index in [-0.39, 0.29) is 5.91 Å². The van der Waals surface area contributed by atoms with Crippen molar-refractivity contribution in [2.75, 3.05) is 0 Å². The van der Waals surface area contributed by atoms with Crippen molar-refractivity contribution >= 4 is 11.8 Å². The van der Waals surface area contributed by atoms with E-state index in [4.69, 9.17) is 0 Å². The Labute approximate surface area is 127 Å². The lowest BCUT2D eigenvalue weighted by atomic mass is 9.77. The summed E-state index contributed by atoms with van der Waals surface area (Å²) >= 11 is 0. The molecule has 1 fully saturated rings. The van der Waals surface area contributed by atoms with Crippen LogP contribution in [0.1, 0.15) is 17.5 Å². The first-order chi connectivity index (χ1) is 10.7. The summed E-state index contributed by atoms with van der Waals surface area (Å²) in [5.41, 5.74) is 0.804. The van der Waals surface area contributed by atoms with Crippen molar-refractivity contribution in [2.45, 2.75) is 12.0 Å². The molecule has 2 heterocycles. The second-order valence-electron chi connectivity index (χ2n) is 5.16. The summed E-state index contributed by atoms with van der Waals surface area (Å²) < 4.78 is 1.74. The molecule has 1 aliphatic heterocycles. The van der Waals surface area contributed by atoms with Crippen molar-refractivity contribution in [3.05, 3.63) is 66.5 Å². The molecular formula is C17H14N3O2+. The lowest BCUT2D eigenvalue weighted by Gasteiger charge is -2.29. The molecule has 3 rings (SSSR count). The molecule has 1 aromatic carbocycles. The normalized spacial score (nSPS) is 24.4. The van der Waals surface area contributed by atoms with Gasteiger partial charge < -0.3 is 0 Å². The van der Waals surface area contributed by atoms with Gasteiger partial charge in [0.15, 0.2) is 12.4 Å². The highest BCUT2D eigenvalue weighted by atomic mass is 16.2. The highest BCUT2D eigenvalue weighted by molar-refractivity contribution is 6.02. The van der Waals surface area contributed by atoms with Crippen LogP contribution in [0.3, 0.4) is 0 Å². The van der Waals surface area contributed by atoms with Gasteiger partial charge in [0.2, 0.25) is 11.9 Å². The number of imide groups is 1. The van der Waals surface area contributed by atoms with Gasteiger partial charge in [-0.2, -0.15) is 9.83 Å². The number of piperidine rings is 1. The molecule has 108 valence electrons. The zero-order chi connectivity index (χ0) is 15.5. The zero-order valence-corrected chi connectivity index (χ0v) is 11.7. The monoisotopic (exact) mass is 292 g/mol. The second kappa shape index (κ2) is 5.78. The smallest absolute Gasteiger partial charge is 0.289 e. The largest absolute Gasteiger partial charge is 0.296 e. The third kappa shape index (κ3) is 2.35. The molecule has 22 heavy (non-hydrogen) atoms. The maximum atomic E-state index is 12.4. The number of hydrogen-bond donors (Lipinski definition) is 1. The van der Waals surface area contributed by atoms with Crippen molar-refractivity contribution in [1.29, 1.82) is 5.26 Å². The van der Waals surface area contributed by atoms with Gasteiger partial charge in [-0.15, -0.1) is 0 Å². The Morgan fingerprint density at radius 3 is 2.23 bits per heavy atom. The molecule has 3 atom stereocenters. The number of amides is 2. The molecule has 0 radical (unpaired) electrons. The van der Waals surface area contributed by atoms with Crippen LogP contribution >= 0.6 is 0 Å². The molecule has 1 N–H and O–H groups in total. The minimum absolute atomic E-state index is 0.387. The van der Waals surface area contributed by atoms with Crippen LogP contribution in [0.15, 0.2) is 60.9 Å². The molecule has 0 saturated carbocycles. The van der Waals surface area contributed by atoms with Crippen molar-refractivity contribution in [2.24, 2.45) is 5.92 Å². The van der Waals surface area contributed by atoms with E-state index < -0.39 is 23.8 Å². The molecule has 1 saturated heterocycles. The summed E-state index contributed by atoms with van der Waals surface area (Å²) in [7, 11) is 0. The van der Waals surface area contributed by atoms with Crippen LogP contribution in [0.2, 0.25) is 0 Å². The van der Waals surface area contributed by atoms with Crippen LogP contribution in [0.5, 0.6) is 0 Å². The first-order valence-corrected chi connectivity index (χ1v) is 6.97. The lowest BCUT2D eigenvalue weighted by molar-refractivity contribution is -0.713. The number of benzene rings is 1. The second-order valence-corrected chi connectivity index (χ2v) is 5.16. The number of carbonyl (C=O) groups is 2. The average Bonchev–Trinajstić information content (AvgIpc) is 2.56. The Balaban J connectivity index is 2.14. The van der Waals surface area contributed by atoms with Crippen LogP contribution < -0.4 is 9.88 Å². The zero-order valence-electron chi connectivity index (χ0n) is 11.7. The average molecular weight is 292 g/mol. The van der Waals surface area contributed by atoms with E-state index in [9.17, 15) is 14.9 Å². The molecular weight excluding hydrogens is 278 g/mol. The maximum Gasteiger partial charge on any atom is 0.296 e. The van der Waals surface area contributed by atoms with Crippen molar-refractivity contribution in [3.63, 3.8) is 0 Å². The summed E-state index contributed by atoms with van der Waals surface area (Å²) in [6.45, 7) is 0. The Morgan fingerprint density at radius 1 is 0.955 bits per heavy atom. The lowest BCUT2D eigenvalue weighted by Crippen LogP contribution is -2.59. The minimum Gasteiger partial charge on any atom is -0.289 e. The SMILES string of the molecule is N#C[C@H]1C(=O)NC(=O)[C@H]([n+]2ccccc2)[C@H]1c1ccccc1. The molecule has 1 aromatic heterocycles. The third-order valence-corrected chi connectivity index (χ3v) is 3.88. The van der Waals surface area contributed by atoms with Gasteiger partial charge in [-0.05, 0) is 5.56 Å². The van der Waals surface area contributed by atoms with E-state index >= 15 is 0 Å². The molecule has 0 bridgehead atoms. The summed E-state index contributed by atoms with van der Waals surface area (Å²) in [5, 5.41) is 11.7. The standard InChI is InChI=1S/C17H13N3O2/c18-11-13-14(12-7-3-1-4-8-12)15(17(22)19-16(13)21)20-9-5-2-6-10-20/h1-10,13-15H/p+1/t13-,14+,15-/m1/s1. The first-order valence-electron chi connectivity index (χ1n) is 6.97. The van der Waals surface area contributed by atoms with Gasteiger partial charge in [0, 0.05) is 12.1 Å². The summed E-state index contributed by atoms with van der Waals surface area (Å²) in [4.78, 5) is 24.4. The quantitative estimate of drug-likeness (QED) is 0.665. The van der Waals surface area contributed by atoms with E-state index in [1.54, 1.807) is 17.0 Å². The molecule has 2 amide bonds. The first kappa shape index (κ1) is 14.0. The van der Waals surface area contributed by atoms with Crippen molar-refractivity contribution < 1.29 is 14.2 Å². The highest BCUT2D eigenvalue weighted by Crippen LogP contribution is 2.35. The summed E-state index contributed by atoms with van der Waals surface area (Å²) in [6, 6.07) is 16.1. The molecule has 5 nitrogen and oxygen atoms in total. The fourth-order valence-corrected chi connectivity index (χ4v) is 2.89. The van der Waals surface area contributed by atoms with Crippen LogP contribution in [0.4, 0.5) is 0 Å². The van der Waals surface area contributed by atoms with Crippen LogP contribution in [-0.2, 0) is 9.59 Å². The van der Waals surface area contributed by atoms with Crippen LogP contribution in [0.25, 0.3) is 0 Å². The number of nitrogens with zero attached hydrogens (tertiary/aromatic N) is 2. The van der Waals surface area contributed by atoms with Crippen LogP contribution in [0, 0.1) is 17.2 Å². The fraction of sp³-hybridized carbons (Fsp3) is 0.176. The van der Waals surface area contributed by atoms with Gasteiger partial charge in [-0.25, -0.2) is 0 Å². The van der Waals surface area contributed by atoms with E-state index in [1.165, 1.54) is 0 Å². The Kier molecular flexibility index (Phi) is 3.67. The number of nitrogens with one attached hydrogen (secondary N) is 1. The number of pyridine rings is 1. The van der Waals surface area contributed by atoms with Crippen molar-refractivity contribution in [3.8, 4) is 6.07 Å². The minimum atomic E-state index is -0.905. The number of nitriles is 1. The number of carbonyl (C=O) groups excluding carboxylic acids is 2. The predicted molar refractivity (Wildman–Crippen MR) is 77.1 cm³/mol. The van der Waals surface area contributed by atoms with E-state index in [0.29, 0.717) is 0 Å². The Hall–Kier alpha value is -3.00. The van der Waals surface area contributed by atoms with Gasteiger partial charge in [0.05, 0.1) is 12.0 Å². The van der Waals surface area contributed by atoms with E-state index in [2.05, 4.69) is 5.32 Å². The van der Waals surface area contributed by atoms with Gasteiger partial charge in [-0.3, -0.25) is 14.9 Å². The number of hydrogen-bond acceptors (Lipinski definition) is 3. The predicted octanol–water partition coefficient (Wildman–Crippen LogP) is 1.10. The van der Waals surface area contributed by atoms with E-state index in [0.717, 1.165) is 5.56 Å². The fourth-order valence-electron chi connectivity index (χ4n) is 2.89. The summed E-state index contributed by atoms with van der Waals surface area (Å²) in [6.07, 6.45) is 3.54. The molecule has 0 spiro atoms. The maximum absolute atomic E-state index is 12.4. The van der Waals surface area contributed by atoms with Gasteiger partial charge in [-0.1, -0.05) is 36.4 Å². The van der Waals surface area contributed by atoms with Gasteiger partial charge in [0.1, 0.15) is 5.92 Å². The number of rotatable bonds is 2. The molecule has 1 aliphatic rings. The molecule has 5 heteroatoms. The molecule has 2 aromatic rings. The van der Waals surface area contributed by atoms with Crippen LogP contribution in [-0.4, -0.2) is 11.8 Å². The van der Waals surface area contributed by atoms with Gasteiger partial charge in [0.25, 0.3) is 5.91 Å². The third-order valence-electron chi connectivity index (χ3n) is 3.88. The van der Waals surface area contributed by atoms with E-state index in [1.807, 2.05) is 54.6 Å². The van der Waals surface area contributed by atoms with Crippen molar-refractivity contribution in [1.82, 2.24) is 5.32 Å². The molecule has 0 aliphatic carbocycles. The topological polar surface area (TPSA) is 73.8 Å². The highest BCUT2D eigenvalue weighted by Gasteiger charge is 2.50. The van der Waals surface area contributed by atoms with Gasteiger partial charge >= 0.3 is 0 Å². The Morgan fingerprint density at radius 2 is 1.59 bits per heavy atom. The number of aromatic nitrogens is 1. The summed E-state index contributed by atoms with van der Waals surface area (Å²) in [5.74, 6) is -2.34. The Bertz CT molecular complexity index is 738. The molecule has 0 unspecified atom stereocenters.